The summed E-state index contributed by atoms with van der Waals surface area (Å²) in [4.78, 5) is 2.21. The van der Waals surface area contributed by atoms with Crippen LogP contribution in [0, 0.1) is 5.92 Å². The van der Waals surface area contributed by atoms with Crippen molar-refractivity contribution in [1.29, 1.82) is 0 Å². The number of rotatable bonds is 4. The highest BCUT2D eigenvalue weighted by Crippen LogP contribution is 2.38. The summed E-state index contributed by atoms with van der Waals surface area (Å²) < 4.78 is 0. The maximum Gasteiger partial charge on any atom is 0.0553 e. The average molecular weight is 234 g/mol. The molecule has 1 aliphatic rings. The van der Waals surface area contributed by atoms with Gasteiger partial charge in [0.2, 0.25) is 0 Å². The van der Waals surface area contributed by atoms with Crippen molar-refractivity contribution >= 4 is 0 Å². The first kappa shape index (κ1) is 14.0. The molecule has 17 heavy (non-hydrogen) atoms. The Bertz CT molecular complexity index is 361. The fourth-order valence-corrected chi connectivity index (χ4v) is 2.57. The summed E-state index contributed by atoms with van der Waals surface area (Å²) in [6.07, 6.45) is 2.89. The van der Waals surface area contributed by atoms with Crippen LogP contribution >= 0.6 is 0 Å². The molecule has 2 heteroatoms. The third kappa shape index (κ3) is 2.32. The molecule has 0 radical (unpaired) electrons. The van der Waals surface area contributed by atoms with Gasteiger partial charge in [0.15, 0.2) is 0 Å². The van der Waals surface area contributed by atoms with E-state index in [-0.39, 0.29) is 11.6 Å². The number of hydrogen-bond acceptors (Lipinski definition) is 2. The van der Waals surface area contributed by atoms with Gasteiger partial charge < -0.3 is 10.6 Å². The molecule has 2 N–H and O–H groups in total. The van der Waals surface area contributed by atoms with Crippen LogP contribution in [-0.4, -0.2) is 16.5 Å². The van der Waals surface area contributed by atoms with Gasteiger partial charge in [0, 0.05) is 11.2 Å². The number of allylic oxidation sites excluding steroid dienone is 1. The van der Waals surface area contributed by atoms with E-state index in [0.29, 0.717) is 5.92 Å². The Balaban J connectivity index is 3.11. The first-order valence-corrected chi connectivity index (χ1v) is 6.28. The smallest absolute Gasteiger partial charge is 0.0553 e. The monoisotopic (exact) mass is 234 g/mol. The predicted octanol–water partition coefficient (Wildman–Crippen LogP) is 3.43. The van der Waals surface area contributed by atoms with Crippen LogP contribution in [-0.2, 0) is 0 Å². The zero-order valence-electron chi connectivity index (χ0n) is 11.9. The largest absolute Gasteiger partial charge is 0.343 e. The first-order chi connectivity index (χ1) is 7.73. The molecular formula is C15H26N2. The highest BCUT2D eigenvalue weighted by Gasteiger charge is 2.41. The molecule has 0 aromatic heterocycles. The second-order valence-corrected chi connectivity index (χ2v) is 5.74. The van der Waals surface area contributed by atoms with Gasteiger partial charge in [-0.1, -0.05) is 27.0 Å². The molecule has 1 rings (SSSR count). The second-order valence-electron chi connectivity index (χ2n) is 5.74. The Hall–Kier alpha value is -1.02. The molecule has 2 unspecified atom stereocenters. The van der Waals surface area contributed by atoms with Crippen LogP contribution in [0.2, 0.25) is 0 Å². The highest BCUT2D eigenvalue weighted by molar-refractivity contribution is 5.37. The van der Waals surface area contributed by atoms with E-state index in [0.717, 1.165) is 12.0 Å². The predicted molar refractivity (Wildman–Crippen MR) is 75.4 cm³/mol. The Morgan fingerprint density at radius 3 is 2.47 bits per heavy atom. The Morgan fingerprint density at radius 1 is 1.59 bits per heavy atom. The molecule has 0 spiro atoms. The minimum atomic E-state index is -0.230. The summed E-state index contributed by atoms with van der Waals surface area (Å²) >= 11 is 0. The molecule has 0 bridgehead atoms. The van der Waals surface area contributed by atoms with Crippen molar-refractivity contribution in [2.45, 2.75) is 52.6 Å². The number of nitrogens with zero attached hydrogens (tertiary/aromatic N) is 1. The summed E-state index contributed by atoms with van der Waals surface area (Å²) in [6.45, 7) is 18.7. The summed E-state index contributed by atoms with van der Waals surface area (Å²) in [5.41, 5.74) is 9.94. The Labute approximate surface area is 106 Å². The van der Waals surface area contributed by atoms with Gasteiger partial charge in [0.05, 0.1) is 6.04 Å². The van der Waals surface area contributed by atoms with Gasteiger partial charge in [-0.3, -0.25) is 0 Å². The standard InChI is InChI=1S/C15H26N2/c1-8-17-13(15(7,16)11(4)5)9-12(6)14(17)10(2)3/h8,11,13H,1-2,9,16H2,3-7H3. The zero-order valence-corrected chi connectivity index (χ0v) is 11.9. The van der Waals surface area contributed by atoms with Gasteiger partial charge in [-0.2, -0.15) is 0 Å². The summed E-state index contributed by atoms with van der Waals surface area (Å²) in [5, 5.41) is 0. The lowest BCUT2D eigenvalue weighted by Gasteiger charge is -2.41. The molecule has 0 saturated carbocycles. The van der Waals surface area contributed by atoms with Gasteiger partial charge in [-0.15, -0.1) is 0 Å². The molecule has 0 amide bonds. The van der Waals surface area contributed by atoms with Gasteiger partial charge >= 0.3 is 0 Å². The summed E-state index contributed by atoms with van der Waals surface area (Å²) in [5.74, 6) is 0.423. The molecule has 2 atom stereocenters. The minimum absolute atomic E-state index is 0.230. The molecule has 0 aromatic rings. The summed E-state index contributed by atoms with van der Waals surface area (Å²) in [6, 6.07) is 0.284. The third-order valence-electron chi connectivity index (χ3n) is 4.06. The van der Waals surface area contributed by atoms with E-state index in [1.807, 2.05) is 13.1 Å². The van der Waals surface area contributed by atoms with Crippen molar-refractivity contribution in [2.75, 3.05) is 0 Å². The van der Waals surface area contributed by atoms with Crippen molar-refractivity contribution < 1.29 is 0 Å². The average Bonchev–Trinajstić information content (AvgIpc) is 2.55. The topological polar surface area (TPSA) is 29.3 Å². The molecule has 0 aliphatic carbocycles. The van der Waals surface area contributed by atoms with Crippen molar-refractivity contribution in [2.24, 2.45) is 11.7 Å². The molecule has 1 aliphatic heterocycles. The fourth-order valence-electron chi connectivity index (χ4n) is 2.57. The van der Waals surface area contributed by atoms with E-state index < -0.39 is 0 Å². The van der Waals surface area contributed by atoms with Crippen LogP contribution in [0.3, 0.4) is 0 Å². The molecule has 96 valence electrons. The lowest BCUT2D eigenvalue weighted by Crippen LogP contribution is -2.56. The summed E-state index contributed by atoms with van der Waals surface area (Å²) in [7, 11) is 0. The molecular weight excluding hydrogens is 208 g/mol. The van der Waals surface area contributed by atoms with Gasteiger partial charge in [0.25, 0.3) is 0 Å². The SMILES string of the molecule is C=CN1C(C(=C)C)=C(C)CC1C(C)(N)C(C)C. The fraction of sp³-hybridized carbons (Fsp3) is 0.600. The maximum absolute atomic E-state index is 6.51. The van der Waals surface area contributed by atoms with Crippen molar-refractivity contribution in [3.8, 4) is 0 Å². The molecule has 0 aromatic carbocycles. The van der Waals surface area contributed by atoms with E-state index in [9.17, 15) is 0 Å². The number of nitrogens with two attached hydrogens (primary N) is 1. The van der Waals surface area contributed by atoms with Crippen LogP contribution in [0.5, 0.6) is 0 Å². The second kappa shape index (κ2) is 4.69. The van der Waals surface area contributed by atoms with Crippen molar-refractivity contribution in [1.82, 2.24) is 4.90 Å². The van der Waals surface area contributed by atoms with Crippen LogP contribution in [0.4, 0.5) is 0 Å². The third-order valence-corrected chi connectivity index (χ3v) is 4.06. The number of hydrogen-bond donors (Lipinski definition) is 1. The van der Waals surface area contributed by atoms with Crippen LogP contribution in [0.25, 0.3) is 0 Å². The van der Waals surface area contributed by atoms with E-state index in [1.54, 1.807) is 0 Å². The molecule has 0 fully saturated rings. The lowest BCUT2D eigenvalue weighted by atomic mass is 9.80. The van der Waals surface area contributed by atoms with Gasteiger partial charge in [0.1, 0.15) is 0 Å². The van der Waals surface area contributed by atoms with Crippen molar-refractivity contribution in [3.63, 3.8) is 0 Å². The van der Waals surface area contributed by atoms with Crippen molar-refractivity contribution in [3.05, 3.63) is 36.2 Å². The van der Waals surface area contributed by atoms with Gasteiger partial charge in [-0.25, -0.2) is 0 Å². The maximum atomic E-state index is 6.51. The van der Waals surface area contributed by atoms with E-state index >= 15 is 0 Å². The van der Waals surface area contributed by atoms with Crippen LogP contribution in [0.1, 0.15) is 41.0 Å². The first-order valence-electron chi connectivity index (χ1n) is 6.28. The van der Waals surface area contributed by atoms with E-state index in [1.165, 1.54) is 11.3 Å². The Kier molecular flexibility index (Phi) is 3.88. The molecule has 0 saturated heterocycles. The van der Waals surface area contributed by atoms with E-state index in [2.05, 4.69) is 45.8 Å². The van der Waals surface area contributed by atoms with E-state index in [4.69, 9.17) is 5.73 Å². The normalized spacial score (nSPS) is 24.2. The molecule has 1 heterocycles. The van der Waals surface area contributed by atoms with Crippen LogP contribution < -0.4 is 5.73 Å². The highest BCUT2D eigenvalue weighted by atomic mass is 15.2. The lowest BCUT2D eigenvalue weighted by molar-refractivity contribution is 0.187. The quantitative estimate of drug-likeness (QED) is 0.807. The molecule has 2 nitrogen and oxygen atoms in total. The Morgan fingerprint density at radius 2 is 2.12 bits per heavy atom. The van der Waals surface area contributed by atoms with Gasteiger partial charge in [-0.05, 0) is 50.5 Å². The minimum Gasteiger partial charge on any atom is -0.343 e. The van der Waals surface area contributed by atoms with Crippen LogP contribution in [0.15, 0.2) is 36.2 Å². The zero-order chi connectivity index (χ0) is 13.4.